The summed E-state index contributed by atoms with van der Waals surface area (Å²) in [6.45, 7) is 5.84. The number of guanidine groups is 1. The molecule has 2 heterocycles. The standard InChI is InChI=1S/C20H33N5O2/c1-4-21-18(22-13-19(2,26)14-11-23-25(3)12-14)24-16-15-7-10-27-17(15)20(16)8-5-6-9-20/h11-12,15-17,26H,4-10,13H2,1-3H3,(H2,21,22,24). The van der Waals surface area contributed by atoms with Crippen LogP contribution in [0.4, 0.5) is 0 Å². The largest absolute Gasteiger partial charge is 0.383 e. The third-order valence-corrected chi connectivity index (χ3v) is 6.79. The van der Waals surface area contributed by atoms with Crippen molar-refractivity contribution in [3.8, 4) is 0 Å². The number of nitrogens with zero attached hydrogens (tertiary/aromatic N) is 3. The quantitative estimate of drug-likeness (QED) is 0.537. The van der Waals surface area contributed by atoms with E-state index in [9.17, 15) is 5.11 Å². The summed E-state index contributed by atoms with van der Waals surface area (Å²) in [5, 5.41) is 22.1. The van der Waals surface area contributed by atoms with Gasteiger partial charge < -0.3 is 20.5 Å². The number of fused-ring (bicyclic) bond motifs is 2. The molecule has 3 aliphatic rings. The van der Waals surface area contributed by atoms with E-state index in [0.717, 1.165) is 31.1 Å². The van der Waals surface area contributed by atoms with Crippen LogP contribution < -0.4 is 10.6 Å². The van der Waals surface area contributed by atoms with Gasteiger partial charge in [-0.3, -0.25) is 4.68 Å². The predicted octanol–water partition coefficient (Wildman–Crippen LogP) is 1.53. The van der Waals surface area contributed by atoms with Crippen LogP contribution >= 0.6 is 0 Å². The number of aliphatic hydroxyl groups is 1. The lowest BCUT2D eigenvalue weighted by atomic mass is 9.54. The van der Waals surface area contributed by atoms with Gasteiger partial charge in [0.1, 0.15) is 5.60 Å². The van der Waals surface area contributed by atoms with Crippen molar-refractivity contribution in [2.75, 3.05) is 19.7 Å². The van der Waals surface area contributed by atoms with E-state index in [1.807, 2.05) is 13.2 Å². The average molecular weight is 376 g/mol. The van der Waals surface area contributed by atoms with E-state index in [1.165, 1.54) is 25.7 Å². The number of aryl methyl sites for hydroxylation is 1. The van der Waals surface area contributed by atoms with Gasteiger partial charge in [-0.2, -0.15) is 5.10 Å². The molecule has 1 aromatic heterocycles. The van der Waals surface area contributed by atoms with Gasteiger partial charge in [0, 0.05) is 49.3 Å². The third kappa shape index (κ3) is 3.25. The molecule has 1 aliphatic heterocycles. The van der Waals surface area contributed by atoms with Gasteiger partial charge in [0.2, 0.25) is 0 Å². The molecule has 0 radical (unpaired) electrons. The summed E-state index contributed by atoms with van der Waals surface area (Å²) in [5.74, 6) is 1.38. The lowest BCUT2D eigenvalue weighted by Gasteiger charge is -2.57. The van der Waals surface area contributed by atoms with Crippen molar-refractivity contribution < 1.29 is 9.84 Å². The fourth-order valence-corrected chi connectivity index (χ4v) is 5.40. The Hall–Kier alpha value is -1.60. The number of aromatic nitrogens is 2. The molecular weight excluding hydrogens is 342 g/mol. The minimum Gasteiger partial charge on any atom is -0.383 e. The number of ether oxygens (including phenoxy) is 1. The van der Waals surface area contributed by atoms with Gasteiger partial charge in [0.05, 0.1) is 18.8 Å². The second-order valence-corrected chi connectivity index (χ2v) is 8.68. The lowest BCUT2D eigenvalue weighted by molar-refractivity contribution is -0.125. The first-order valence-electron chi connectivity index (χ1n) is 10.3. The summed E-state index contributed by atoms with van der Waals surface area (Å²) in [4.78, 5) is 4.73. The molecule has 0 aromatic carbocycles. The zero-order valence-corrected chi connectivity index (χ0v) is 16.7. The van der Waals surface area contributed by atoms with E-state index in [-0.39, 0.29) is 5.41 Å². The highest BCUT2D eigenvalue weighted by molar-refractivity contribution is 5.80. The van der Waals surface area contributed by atoms with E-state index >= 15 is 0 Å². The molecule has 4 atom stereocenters. The van der Waals surface area contributed by atoms with Crippen molar-refractivity contribution in [2.24, 2.45) is 23.4 Å². The molecule has 27 heavy (non-hydrogen) atoms. The van der Waals surface area contributed by atoms with Crippen molar-refractivity contribution >= 4 is 5.96 Å². The molecular formula is C20H33N5O2. The van der Waals surface area contributed by atoms with Crippen LogP contribution in [0.3, 0.4) is 0 Å². The SMILES string of the molecule is CCNC(=NCC(C)(O)c1cnn(C)c1)NC1C2CCOC2C12CCCC2. The summed E-state index contributed by atoms with van der Waals surface area (Å²) in [6.07, 6.45) is 10.2. The highest BCUT2D eigenvalue weighted by atomic mass is 16.5. The normalized spacial score (nSPS) is 31.4. The maximum absolute atomic E-state index is 10.8. The second kappa shape index (κ2) is 7.09. The Morgan fingerprint density at radius 2 is 2.26 bits per heavy atom. The van der Waals surface area contributed by atoms with Crippen LogP contribution in [0.1, 0.15) is 51.5 Å². The monoisotopic (exact) mass is 375 g/mol. The summed E-state index contributed by atoms with van der Waals surface area (Å²) >= 11 is 0. The maximum Gasteiger partial charge on any atom is 0.191 e. The molecule has 7 nitrogen and oxygen atoms in total. The topological polar surface area (TPSA) is 83.7 Å². The minimum atomic E-state index is -1.04. The van der Waals surface area contributed by atoms with Crippen molar-refractivity contribution in [3.05, 3.63) is 18.0 Å². The van der Waals surface area contributed by atoms with Crippen LogP contribution in [0, 0.1) is 11.3 Å². The predicted molar refractivity (Wildman–Crippen MR) is 104 cm³/mol. The van der Waals surface area contributed by atoms with Crippen molar-refractivity contribution in [3.63, 3.8) is 0 Å². The van der Waals surface area contributed by atoms with Gasteiger partial charge >= 0.3 is 0 Å². The molecule has 150 valence electrons. The van der Waals surface area contributed by atoms with Gasteiger partial charge in [-0.15, -0.1) is 0 Å². The number of nitrogens with one attached hydrogen (secondary N) is 2. The molecule has 4 unspecified atom stereocenters. The maximum atomic E-state index is 10.8. The van der Waals surface area contributed by atoms with E-state index in [2.05, 4.69) is 22.7 Å². The van der Waals surface area contributed by atoms with E-state index in [1.54, 1.807) is 17.8 Å². The number of hydrogen-bond acceptors (Lipinski definition) is 4. The van der Waals surface area contributed by atoms with Crippen LogP contribution in [0.25, 0.3) is 0 Å². The number of hydrogen-bond donors (Lipinski definition) is 3. The van der Waals surface area contributed by atoms with Crippen molar-refractivity contribution in [2.45, 2.75) is 63.7 Å². The van der Waals surface area contributed by atoms with Crippen molar-refractivity contribution in [1.82, 2.24) is 20.4 Å². The van der Waals surface area contributed by atoms with Crippen LogP contribution in [0.15, 0.2) is 17.4 Å². The van der Waals surface area contributed by atoms with E-state index in [4.69, 9.17) is 9.73 Å². The van der Waals surface area contributed by atoms with Gasteiger partial charge in [-0.1, -0.05) is 12.8 Å². The highest BCUT2D eigenvalue weighted by Crippen LogP contribution is 2.60. The van der Waals surface area contributed by atoms with Crippen molar-refractivity contribution in [1.29, 1.82) is 0 Å². The molecule has 1 aromatic rings. The summed E-state index contributed by atoms with van der Waals surface area (Å²) < 4.78 is 7.79. The number of aliphatic imine (C=N–C) groups is 1. The molecule has 7 heteroatoms. The Morgan fingerprint density at radius 1 is 1.48 bits per heavy atom. The molecule has 0 bridgehead atoms. The first-order chi connectivity index (χ1) is 13.0. The summed E-state index contributed by atoms with van der Waals surface area (Å²) in [5.41, 5.74) is 0.0218. The van der Waals surface area contributed by atoms with Crippen LogP contribution in [0.2, 0.25) is 0 Å². The molecule has 2 saturated carbocycles. The Kier molecular flexibility index (Phi) is 4.93. The molecule has 1 saturated heterocycles. The van der Waals surface area contributed by atoms with Crippen LogP contribution in [-0.4, -0.2) is 52.7 Å². The number of rotatable bonds is 5. The first kappa shape index (κ1) is 18.7. The van der Waals surface area contributed by atoms with Gasteiger partial charge in [-0.05, 0) is 33.1 Å². The zero-order valence-electron chi connectivity index (χ0n) is 16.7. The molecule has 3 N–H and O–H groups in total. The second-order valence-electron chi connectivity index (χ2n) is 8.68. The Bertz CT molecular complexity index is 692. The Labute approximate surface area is 161 Å². The van der Waals surface area contributed by atoms with Gasteiger partial charge in [0.15, 0.2) is 5.96 Å². The molecule has 1 spiro atoms. The van der Waals surface area contributed by atoms with E-state index < -0.39 is 5.60 Å². The van der Waals surface area contributed by atoms with Crippen LogP contribution in [0.5, 0.6) is 0 Å². The molecule has 4 rings (SSSR count). The zero-order chi connectivity index (χ0) is 19.1. The molecule has 2 aliphatic carbocycles. The smallest absolute Gasteiger partial charge is 0.191 e. The first-order valence-corrected chi connectivity index (χ1v) is 10.3. The molecule has 0 amide bonds. The Morgan fingerprint density at radius 3 is 2.93 bits per heavy atom. The average Bonchev–Trinajstić information content (AvgIpc) is 3.36. The summed E-state index contributed by atoms with van der Waals surface area (Å²) in [6, 6.07) is 0.425. The van der Waals surface area contributed by atoms with Crippen LogP contribution in [-0.2, 0) is 17.4 Å². The fraction of sp³-hybridized carbons (Fsp3) is 0.800. The van der Waals surface area contributed by atoms with Gasteiger partial charge in [0.25, 0.3) is 0 Å². The highest BCUT2D eigenvalue weighted by Gasteiger charge is 2.65. The Balaban J connectivity index is 1.48. The summed E-state index contributed by atoms with van der Waals surface area (Å²) in [7, 11) is 1.85. The third-order valence-electron chi connectivity index (χ3n) is 6.79. The fourth-order valence-electron chi connectivity index (χ4n) is 5.40. The molecule has 3 fully saturated rings. The van der Waals surface area contributed by atoms with Gasteiger partial charge in [-0.25, -0.2) is 4.99 Å². The lowest BCUT2D eigenvalue weighted by Crippen LogP contribution is -2.69. The minimum absolute atomic E-state index is 0.281. The van der Waals surface area contributed by atoms with E-state index in [0.29, 0.717) is 24.6 Å².